The van der Waals surface area contributed by atoms with Crippen LogP contribution in [0.25, 0.3) is 0 Å². The second-order valence-corrected chi connectivity index (χ2v) is 6.13. The summed E-state index contributed by atoms with van der Waals surface area (Å²) in [4.78, 5) is 19.0. The number of anilines is 1. The number of aryl methyl sites for hydroxylation is 2. The molecule has 126 valence electrons. The van der Waals surface area contributed by atoms with Crippen molar-refractivity contribution in [2.45, 2.75) is 13.8 Å². The smallest absolute Gasteiger partial charge is 0.243 e. The van der Waals surface area contributed by atoms with Gasteiger partial charge in [0.2, 0.25) is 5.91 Å². The van der Waals surface area contributed by atoms with Gasteiger partial charge >= 0.3 is 0 Å². The van der Waals surface area contributed by atoms with E-state index >= 15 is 0 Å². The van der Waals surface area contributed by atoms with Gasteiger partial charge in [0.25, 0.3) is 0 Å². The lowest BCUT2D eigenvalue weighted by molar-refractivity contribution is -0.116. The summed E-state index contributed by atoms with van der Waals surface area (Å²) in [5.74, 6) is 0.752. The minimum Gasteiger partial charge on any atom is -0.345 e. The van der Waals surface area contributed by atoms with Crippen LogP contribution in [0.4, 0.5) is 5.69 Å². The molecule has 0 saturated carbocycles. The molecule has 0 saturated heterocycles. The fraction of sp³-hybridized carbons (Fsp3) is 0.250. The standard InChI is InChI=1S/C20H20N4O/c1-14-4-3-5-15(2)19(14)23-18(25)13-24-11-10-22-20(24)17-8-6-16(12-21)7-9-17/h3-9H,10-11,13H2,1-2H3,(H,23,25). The molecule has 0 aromatic heterocycles. The van der Waals surface area contributed by atoms with E-state index in [0.29, 0.717) is 12.1 Å². The van der Waals surface area contributed by atoms with Crippen molar-refractivity contribution < 1.29 is 4.79 Å². The van der Waals surface area contributed by atoms with E-state index in [1.807, 2.05) is 49.1 Å². The number of amides is 1. The third-order valence-corrected chi connectivity index (χ3v) is 4.28. The first kappa shape index (κ1) is 16.7. The molecular weight excluding hydrogens is 312 g/mol. The topological polar surface area (TPSA) is 68.5 Å². The minimum absolute atomic E-state index is 0.0550. The zero-order valence-corrected chi connectivity index (χ0v) is 14.4. The monoisotopic (exact) mass is 332 g/mol. The number of hydrogen-bond donors (Lipinski definition) is 1. The number of hydrogen-bond acceptors (Lipinski definition) is 4. The van der Waals surface area contributed by atoms with Crippen molar-refractivity contribution in [3.05, 3.63) is 64.7 Å². The van der Waals surface area contributed by atoms with Crippen molar-refractivity contribution >= 4 is 17.4 Å². The Balaban J connectivity index is 1.70. The van der Waals surface area contributed by atoms with Crippen LogP contribution in [0.2, 0.25) is 0 Å². The van der Waals surface area contributed by atoms with Crippen LogP contribution in [0, 0.1) is 25.2 Å². The highest BCUT2D eigenvalue weighted by molar-refractivity contribution is 6.03. The number of rotatable bonds is 4. The molecule has 2 aromatic rings. The van der Waals surface area contributed by atoms with Gasteiger partial charge in [0.05, 0.1) is 24.7 Å². The van der Waals surface area contributed by atoms with E-state index in [4.69, 9.17) is 5.26 Å². The van der Waals surface area contributed by atoms with Crippen LogP contribution in [0.1, 0.15) is 22.3 Å². The first-order chi connectivity index (χ1) is 12.1. The normalized spacial score (nSPS) is 13.3. The first-order valence-corrected chi connectivity index (χ1v) is 8.24. The Bertz CT molecular complexity index is 842. The van der Waals surface area contributed by atoms with Gasteiger partial charge in [-0.15, -0.1) is 0 Å². The maximum absolute atomic E-state index is 12.5. The lowest BCUT2D eigenvalue weighted by Crippen LogP contribution is -2.36. The Labute approximate surface area is 147 Å². The highest BCUT2D eigenvalue weighted by atomic mass is 16.2. The van der Waals surface area contributed by atoms with Gasteiger partial charge in [0, 0.05) is 17.8 Å². The number of nitrogens with one attached hydrogen (secondary N) is 1. The van der Waals surface area contributed by atoms with E-state index in [-0.39, 0.29) is 12.5 Å². The second-order valence-electron chi connectivity index (χ2n) is 6.13. The van der Waals surface area contributed by atoms with Crippen molar-refractivity contribution in [1.82, 2.24) is 4.90 Å². The quantitative estimate of drug-likeness (QED) is 0.936. The van der Waals surface area contributed by atoms with E-state index < -0.39 is 0 Å². The van der Waals surface area contributed by atoms with Crippen molar-refractivity contribution in [2.75, 3.05) is 25.0 Å². The van der Waals surface area contributed by atoms with Gasteiger partial charge < -0.3 is 10.2 Å². The predicted molar refractivity (Wildman–Crippen MR) is 98.7 cm³/mol. The number of carbonyl (C=O) groups is 1. The molecule has 0 bridgehead atoms. The molecule has 5 nitrogen and oxygen atoms in total. The Hall–Kier alpha value is -3.13. The van der Waals surface area contributed by atoms with Gasteiger partial charge in [-0.1, -0.05) is 18.2 Å². The van der Waals surface area contributed by atoms with Crippen molar-refractivity contribution in [2.24, 2.45) is 4.99 Å². The summed E-state index contributed by atoms with van der Waals surface area (Å²) in [6.07, 6.45) is 0. The minimum atomic E-state index is -0.0550. The lowest BCUT2D eigenvalue weighted by Gasteiger charge is -2.21. The summed E-state index contributed by atoms with van der Waals surface area (Å²) in [5, 5.41) is 11.9. The molecule has 1 amide bonds. The Morgan fingerprint density at radius 2 is 1.88 bits per heavy atom. The molecule has 2 aromatic carbocycles. The number of carbonyl (C=O) groups excluding carboxylic acids is 1. The maximum Gasteiger partial charge on any atom is 0.243 e. The fourth-order valence-corrected chi connectivity index (χ4v) is 2.97. The van der Waals surface area contributed by atoms with E-state index in [2.05, 4.69) is 16.4 Å². The molecule has 1 aliphatic heterocycles. The van der Waals surface area contributed by atoms with E-state index in [0.717, 1.165) is 34.8 Å². The Morgan fingerprint density at radius 1 is 1.20 bits per heavy atom. The van der Waals surface area contributed by atoms with E-state index in [9.17, 15) is 4.79 Å². The first-order valence-electron chi connectivity index (χ1n) is 8.24. The van der Waals surface area contributed by atoms with Crippen molar-refractivity contribution in [3.63, 3.8) is 0 Å². The predicted octanol–water partition coefficient (Wildman–Crippen LogP) is 2.88. The molecule has 3 rings (SSSR count). The Morgan fingerprint density at radius 3 is 2.52 bits per heavy atom. The molecule has 0 aliphatic carbocycles. The van der Waals surface area contributed by atoms with Gasteiger partial charge in [-0.05, 0) is 49.2 Å². The summed E-state index contributed by atoms with van der Waals surface area (Å²) in [7, 11) is 0. The SMILES string of the molecule is Cc1cccc(C)c1NC(=O)CN1CCN=C1c1ccc(C#N)cc1. The fourth-order valence-electron chi connectivity index (χ4n) is 2.97. The van der Waals surface area contributed by atoms with E-state index in [1.54, 1.807) is 12.1 Å². The van der Waals surface area contributed by atoms with Crippen molar-refractivity contribution in [1.29, 1.82) is 5.26 Å². The van der Waals surface area contributed by atoms with Crippen molar-refractivity contribution in [3.8, 4) is 6.07 Å². The number of para-hydroxylation sites is 1. The Kier molecular flexibility index (Phi) is 4.80. The van der Waals surface area contributed by atoms with Gasteiger partial charge in [0.1, 0.15) is 5.84 Å². The summed E-state index contributed by atoms with van der Waals surface area (Å²) in [5.41, 5.74) is 4.52. The number of amidine groups is 1. The highest BCUT2D eigenvalue weighted by Gasteiger charge is 2.21. The summed E-state index contributed by atoms with van der Waals surface area (Å²) in [6, 6.07) is 15.4. The zero-order chi connectivity index (χ0) is 17.8. The van der Waals surface area contributed by atoms with Crippen LogP contribution >= 0.6 is 0 Å². The molecule has 1 N–H and O–H groups in total. The third-order valence-electron chi connectivity index (χ3n) is 4.28. The average molecular weight is 332 g/mol. The average Bonchev–Trinajstić information content (AvgIpc) is 3.06. The van der Waals surface area contributed by atoms with Gasteiger partial charge in [0.15, 0.2) is 0 Å². The van der Waals surface area contributed by atoms with Crippen LogP contribution in [0.15, 0.2) is 47.5 Å². The van der Waals surface area contributed by atoms with Crippen LogP contribution in [-0.4, -0.2) is 36.3 Å². The molecule has 1 heterocycles. The van der Waals surface area contributed by atoms with Gasteiger partial charge in [-0.2, -0.15) is 5.26 Å². The molecular formula is C20H20N4O. The molecule has 0 spiro atoms. The molecule has 25 heavy (non-hydrogen) atoms. The molecule has 0 radical (unpaired) electrons. The molecule has 0 fully saturated rings. The molecule has 0 atom stereocenters. The van der Waals surface area contributed by atoms with Gasteiger partial charge in [-0.25, -0.2) is 0 Å². The maximum atomic E-state index is 12.5. The van der Waals surface area contributed by atoms with Crippen LogP contribution in [0.3, 0.4) is 0 Å². The number of benzene rings is 2. The molecule has 0 unspecified atom stereocenters. The van der Waals surface area contributed by atoms with Crippen LogP contribution in [-0.2, 0) is 4.79 Å². The largest absolute Gasteiger partial charge is 0.345 e. The summed E-state index contributed by atoms with van der Waals surface area (Å²) in [6.45, 7) is 5.62. The summed E-state index contributed by atoms with van der Waals surface area (Å²) < 4.78 is 0. The van der Waals surface area contributed by atoms with Crippen LogP contribution in [0.5, 0.6) is 0 Å². The third kappa shape index (κ3) is 3.69. The number of nitrogens with zero attached hydrogens (tertiary/aromatic N) is 3. The highest BCUT2D eigenvalue weighted by Crippen LogP contribution is 2.20. The zero-order valence-electron chi connectivity index (χ0n) is 14.4. The second kappa shape index (κ2) is 7.18. The number of nitriles is 1. The summed E-state index contributed by atoms with van der Waals surface area (Å²) >= 11 is 0. The number of aliphatic imine (C=N–C) groups is 1. The van der Waals surface area contributed by atoms with Gasteiger partial charge in [-0.3, -0.25) is 9.79 Å². The van der Waals surface area contributed by atoms with Crippen LogP contribution < -0.4 is 5.32 Å². The van der Waals surface area contributed by atoms with E-state index in [1.165, 1.54) is 0 Å². The molecule has 1 aliphatic rings. The molecule has 5 heteroatoms. The lowest BCUT2D eigenvalue weighted by atomic mass is 10.1.